The fraction of sp³-hybridized carbons (Fsp3) is 0.188. The average Bonchev–Trinajstić information content (AvgIpc) is 2.44. The SMILES string of the molecule is CCCc1cc(Cl)c(OC(=O)c2ccccc2)c(Cl)c1. The van der Waals surface area contributed by atoms with Crippen molar-refractivity contribution in [3.8, 4) is 5.75 Å². The Balaban J connectivity index is 2.24. The first-order valence-electron chi connectivity index (χ1n) is 6.37. The summed E-state index contributed by atoms with van der Waals surface area (Å²) in [5.41, 5.74) is 1.49. The summed E-state index contributed by atoms with van der Waals surface area (Å²) in [6, 6.07) is 12.3. The molecule has 0 bridgehead atoms. The number of ether oxygens (including phenoxy) is 1. The van der Waals surface area contributed by atoms with Crippen LogP contribution in [0.1, 0.15) is 29.3 Å². The zero-order valence-corrected chi connectivity index (χ0v) is 12.5. The van der Waals surface area contributed by atoms with Crippen molar-refractivity contribution in [3.63, 3.8) is 0 Å². The van der Waals surface area contributed by atoms with Gasteiger partial charge in [-0.1, -0.05) is 54.7 Å². The first-order valence-corrected chi connectivity index (χ1v) is 7.12. The number of esters is 1. The van der Waals surface area contributed by atoms with Crippen molar-refractivity contribution < 1.29 is 9.53 Å². The van der Waals surface area contributed by atoms with Crippen LogP contribution < -0.4 is 4.74 Å². The summed E-state index contributed by atoms with van der Waals surface area (Å²) in [7, 11) is 0. The van der Waals surface area contributed by atoms with E-state index in [0.29, 0.717) is 15.6 Å². The van der Waals surface area contributed by atoms with Crippen LogP contribution in [0.5, 0.6) is 5.75 Å². The number of rotatable bonds is 4. The minimum absolute atomic E-state index is 0.210. The lowest BCUT2D eigenvalue weighted by Gasteiger charge is -2.10. The average molecular weight is 309 g/mol. The maximum absolute atomic E-state index is 12.0. The van der Waals surface area contributed by atoms with Gasteiger partial charge in [-0.25, -0.2) is 4.79 Å². The molecule has 0 saturated carbocycles. The fourth-order valence-electron chi connectivity index (χ4n) is 1.87. The fourth-order valence-corrected chi connectivity index (χ4v) is 2.48. The van der Waals surface area contributed by atoms with Crippen LogP contribution in [-0.4, -0.2) is 5.97 Å². The molecule has 2 aromatic carbocycles. The first-order chi connectivity index (χ1) is 9.61. The lowest BCUT2D eigenvalue weighted by molar-refractivity contribution is 0.0735. The molecule has 20 heavy (non-hydrogen) atoms. The van der Waals surface area contributed by atoms with Gasteiger partial charge in [-0.3, -0.25) is 0 Å². The van der Waals surface area contributed by atoms with E-state index in [1.807, 2.05) is 6.07 Å². The predicted molar refractivity (Wildman–Crippen MR) is 81.9 cm³/mol. The smallest absolute Gasteiger partial charge is 0.343 e. The van der Waals surface area contributed by atoms with Gasteiger partial charge in [0, 0.05) is 0 Å². The highest BCUT2D eigenvalue weighted by Crippen LogP contribution is 2.35. The zero-order chi connectivity index (χ0) is 14.5. The molecule has 0 aromatic heterocycles. The molecule has 0 aliphatic rings. The third kappa shape index (κ3) is 3.53. The van der Waals surface area contributed by atoms with Gasteiger partial charge in [0.1, 0.15) is 0 Å². The summed E-state index contributed by atoms with van der Waals surface area (Å²) in [6.45, 7) is 2.07. The van der Waals surface area contributed by atoms with Gasteiger partial charge in [-0.2, -0.15) is 0 Å². The third-order valence-electron chi connectivity index (χ3n) is 2.80. The summed E-state index contributed by atoms with van der Waals surface area (Å²) < 4.78 is 5.29. The predicted octanol–water partition coefficient (Wildman–Crippen LogP) is 5.17. The van der Waals surface area contributed by atoms with Crippen molar-refractivity contribution in [2.45, 2.75) is 19.8 Å². The van der Waals surface area contributed by atoms with Gasteiger partial charge in [-0.15, -0.1) is 0 Å². The summed E-state index contributed by atoms with van der Waals surface area (Å²) in [5, 5.41) is 0.704. The van der Waals surface area contributed by atoms with Crippen LogP contribution in [0.15, 0.2) is 42.5 Å². The quantitative estimate of drug-likeness (QED) is 0.575. The lowest BCUT2D eigenvalue weighted by Crippen LogP contribution is -2.09. The Morgan fingerprint density at radius 3 is 2.25 bits per heavy atom. The highest BCUT2D eigenvalue weighted by molar-refractivity contribution is 6.37. The molecular formula is C16H14Cl2O2. The highest BCUT2D eigenvalue weighted by atomic mass is 35.5. The van der Waals surface area contributed by atoms with Gasteiger partial charge < -0.3 is 4.74 Å². The van der Waals surface area contributed by atoms with E-state index < -0.39 is 5.97 Å². The number of halogens is 2. The highest BCUT2D eigenvalue weighted by Gasteiger charge is 2.15. The second-order valence-corrected chi connectivity index (χ2v) is 5.21. The van der Waals surface area contributed by atoms with E-state index in [-0.39, 0.29) is 5.75 Å². The molecule has 2 nitrogen and oxygen atoms in total. The van der Waals surface area contributed by atoms with E-state index in [9.17, 15) is 4.79 Å². The van der Waals surface area contributed by atoms with Crippen LogP contribution in [0.3, 0.4) is 0 Å². The molecule has 0 saturated heterocycles. The second-order valence-electron chi connectivity index (χ2n) is 4.39. The van der Waals surface area contributed by atoms with Gasteiger partial charge in [0.15, 0.2) is 5.75 Å². The Labute approximate surface area is 128 Å². The molecule has 0 aliphatic heterocycles. The summed E-state index contributed by atoms with van der Waals surface area (Å²) in [4.78, 5) is 12.0. The normalized spacial score (nSPS) is 10.3. The van der Waals surface area contributed by atoms with Crippen LogP contribution in [-0.2, 0) is 6.42 Å². The molecule has 0 atom stereocenters. The molecule has 0 radical (unpaired) electrons. The molecule has 0 N–H and O–H groups in total. The molecule has 0 heterocycles. The standard InChI is InChI=1S/C16H14Cl2O2/c1-2-6-11-9-13(17)15(14(18)10-11)20-16(19)12-7-4-3-5-8-12/h3-5,7-10H,2,6H2,1H3. The number of aryl methyl sites for hydroxylation is 1. The van der Waals surface area contributed by atoms with Gasteiger partial charge in [0.25, 0.3) is 0 Å². The first kappa shape index (κ1) is 14.9. The molecule has 0 unspecified atom stereocenters. The maximum atomic E-state index is 12.0. The summed E-state index contributed by atoms with van der Waals surface area (Å²) >= 11 is 12.3. The molecule has 0 fully saturated rings. The minimum atomic E-state index is -0.474. The molecule has 104 valence electrons. The number of carbonyl (C=O) groups is 1. The van der Waals surface area contributed by atoms with E-state index in [0.717, 1.165) is 18.4 Å². The van der Waals surface area contributed by atoms with Crippen LogP contribution >= 0.6 is 23.2 Å². The van der Waals surface area contributed by atoms with Crippen LogP contribution in [0, 0.1) is 0 Å². The minimum Gasteiger partial charge on any atom is -0.420 e. The summed E-state index contributed by atoms with van der Waals surface area (Å²) in [5.74, 6) is -0.264. The van der Waals surface area contributed by atoms with Gasteiger partial charge in [0.05, 0.1) is 15.6 Å². The van der Waals surface area contributed by atoms with Crippen LogP contribution in [0.2, 0.25) is 10.0 Å². The molecule has 2 rings (SSSR count). The van der Waals surface area contributed by atoms with Crippen LogP contribution in [0.4, 0.5) is 0 Å². The topological polar surface area (TPSA) is 26.3 Å². The van der Waals surface area contributed by atoms with Crippen LogP contribution in [0.25, 0.3) is 0 Å². The molecule has 0 aliphatic carbocycles. The second kappa shape index (κ2) is 6.78. The lowest BCUT2D eigenvalue weighted by atomic mass is 10.1. The van der Waals surface area contributed by atoms with Crippen molar-refractivity contribution >= 4 is 29.2 Å². The van der Waals surface area contributed by atoms with E-state index in [4.69, 9.17) is 27.9 Å². The zero-order valence-electron chi connectivity index (χ0n) is 11.0. The largest absolute Gasteiger partial charge is 0.420 e. The number of carbonyl (C=O) groups excluding carboxylic acids is 1. The summed E-state index contributed by atoms with van der Waals surface area (Å²) in [6.07, 6.45) is 1.88. The van der Waals surface area contributed by atoms with Crippen molar-refractivity contribution in [1.82, 2.24) is 0 Å². The van der Waals surface area contributed by atoms with Gasteiger partial charge >= 0.3 is 5.97 Å². The van der Waals surface area contributed by atoms with Crippen molar-refractivity contribution in [2.24, 2.45) is 0 Å². The number of hydrogen-bond acceptors (Lipinski definition) is 2. The molecular weight excluding hydrogens is 295 g/mol. The van der Waals surface area contributed by atoms with Crippen molar-refractivity contribution in [2.75, 3.05) is 0 Å². The number of hydrogen-bond donors (Lipinski definition) is 0. The van der Waals surface area contributed by atoms with Gasteiger partial charge in [-0.05, 0) is 36.2 Å². The van der Waals surface area contributed by atoms with Crippen molar-refractivity contribution in [3.05, 3.63) is 63.6 Å². The molecule has 0 spiro atoms. The third-order valence-corrected chi connectivity index (χ3v) is 3.36. The molecule has 4 heteroatoms. The van der Waals surface area contributed by atoms with E-state index in [1.54, 1.807) is 36.4 Å². The van der Waals surface area contributed by atoms with E-state index >= 15 is 0 Å². The molecule has 2 aromatic rings. The monoisotopic (exact) mass is 308 g/mol. The van der Waals surface area contributed by atoms with Crippen molar-refractivity contribution in [1.29, 1.82) is 0 Å². The Morgan fingerprint density at radius 1 is 1.10 bits per heavy atom. The Morgan fingerprint density at radius 2 is 1.70 bits per heavy atom. The molecule has 0 amide bonds. The number of benzene rings is 2. The van der Waals surface area contributed by atoms with E-state index in [1.165, 1.54) is 0 Å². The van der Waals surface area contributed by atoms with E-state index in [2.05, 4.69) is 6.92 Å². The Bertz CT molecular complexity index is 586. The Kier molecular flexibility index (Phi) is 5.05. The van der Waals surface area contributed by atoms with Gasteiger partial charge in [0.2, 0.25) is 0 Å². The Hall–Kier alpha value is -1.51. The maximum Gasteiger partial charge on any atom is 0.343 e.